The Balaban J connectivity index is 2.24. The minimum atomic E-state index is -4.60. The maximum absolute atomic E-state index is 13.3. The molecule has 112 valence electrons. The van der Waals surface area contributed by atoms with Crippen molar-refractivity contribution in [1.82, 2.24) is 0 Å². The summed E-state index contributed by atoms with van der Waals surface area (Å²) in [6.45, 7) is -0.516. The highest BCUT2D eigenvalue weighted by molar-refractivity contribution is 5.46. The fraction of sp³-hybridized carbons (Fsp3) is 0.143. The Labute approximate surface area is 116 Å². The molecule has 0 saturated heterocycles. The molecular weight excluding hydrogens is 293 g/mol. The summed E-state index contributed by atoms with van der Waals surface area (Å²) in [7, 11) is 0. The van der Waals surface area contributed by atoms with Crippen LogP contribution in [0.4, 0.5) is 27.6 Å². The molecule has 0 unspecified atom stereocenters. The number of alkyl halides is 3. The van der Waals surface area contributed by atoms with E-state index in [4.69, 9.17) is 10.5 Å². The number of rotatable bonds is 3. The van der Waals surface area contributed by atoms with Gasteiger partial charge in [0.05, 0.1) is 5.56 Å². The third kappa shape index (κ3) is 3.62. The van der Waals surface area contributed by atoms with E-state index in [1.165, 1.54) is 6.07 Å². The van der Waals surface area contributed by atoms with E-state index < -0.39 is 30.0 Å². The van der Waals surface area contributed by atoms with Crippen LogP contribution in [0.1, 0.15) is 11.1 Å². The van der Waals surface area contributed by atoms with Gasteiger partial charge >= 0.3 is 6.18 Å². The van der Waals surface area contributed by atoms with E-state index in [2.05, 4.69) is 0 Å². The molecule has 0 aliphatic rings. The Morgan fingerprint density at radius 2 is 1.71 bits per heavy atom. The Morgan fingerprint density at radius 3 is 2.33 bits per heavy atom. The van der Waals surface area contributed by atoms with Crippen LogP contribution in [0.15, 0.2) is 36.4 Å². The van der Waals surface area contributed by atoms with Gasteiger partial charge in [0, 0.05) is 17.3 Å². The van der Waals surface area contributed by atoms with Crippen LogP contribution in [-0.2, 0) is 12.8 Å². The lowest BCUT2D eigenvalue weighted by Gasteiger charge is -2.14. The van der Waals surface area contributed by atoms with Gasteiger partial charge in [-0.2, -0.15) is 13.2 Å². The Morgan fingerprint density at radius 1 is 1.00 bits per heavy atom. The number of benzene rings is 2. The van der Waals surface area contributed by atoms with E-state index >= 15 is 0 Å². The average molecular weight is 303 g/mol. The Hall–Kier alpha value is -2.31. The Bertz CT molecular complexity index is 654. The first-order chi connectivity index (χ1) is 9.77. The second-order valence-electron chi connectivity index (χ2n) is 4.28. The number of hydrogen-bond acceptors (Lipinski definition) is 2. The molecule has 0 fully saturated rings. The van der Waals surface area contributed by atoms with Crippen molar-refractivity contribution >= 4 is 5.69 Å². The lowest BCUT2D eigenvalue weighted by molar-refractivity contribution is -0.138. The van der Waals surface area contributed by atoms with Crippen molar-refractivity contribution in [2.24, 2.45) is 0 Å². The molecule has 0 aliphatic carbocycles. The minimum Gasteiger partial charge on any atom is -0.486 e. The summed E-state index contributed by atoms with van der Waals surface area (Å²) < 4.78 is 69.6. The summed E-state index contributed by atoms with van der Waals surface area (Å²) in [5.41, 5.74) is 4.14. The van der Waals surface area contributed by atoms with Crippen molar-refractivity contribution in [2.75, 3.05) is 5.73 Å². The van der Waals surface area contributed by atoms with Crippen LogP contribution < -0.4 is 10.5 Å². The lowest BCUT2D eigenvalue weighted by atomic mass is 10.1. The molecule has 0 spiro atoms. The topological polar surface area (TPSA) is 35.2 Å². The van der Waals surface area contributed by atoms with Gasteiger partial charge in [-0.1, -0.05) is 6.07 Å². The molecule has 2 aromatic carbocycles. The van der Waals surface area contributed by atoms with Crippen molar-refractivity contribution in [1.29, 1.82) is 0 Å². The van der Waals surface area contributed by atoms with Crippen molar-refractivity contribution < 1.29 is 26.7 Å². The van der Waals surface area contributed by atoms with Crippen LogP contribution in [-0.4, -0.2) is 0 Å². The summed E-state index contributed by atoms with van der Waals surface area (Å²) in [6.07, 6.45) is -4.60. The molecule has 0 radical (unpaired) electrons. The maximum Gasteiger partial charge on any atom is 0.416 e. The van der Waals surface area contributed by atoms with Crippen molar-refractivity contribution in [3.8, 4) is 5.75 Å². The fourth-order valence-electron chi connectivity index (χ4n) is 1.73. The number of ether oxygens (including phenoxy) is 1. The molecule has 0 bridgehead atoms. The molecular formula is C14H10F5NO. The molecule has 2 nitrogen and oxygen atoms in total. The van der Waals surface area contributed by atoms with Crippen molar-refractivity contribution in [2.45, 2.75) is 12.8 Å². The summed E-state index contributed by atoms with van der Waals surface area (Å²) in [6, 6.07) is 5.76. The molecule has 2 N–H and O–H groups in total. The highest BCUT2D eigenvalue weighted by Gasteiger charge is 2.33. The van der Waals surface area contributed by atoms with E-state index in [0.29, 0.717) is 6.07 Å². The number of anilines is 1. The van der Waals surface area contributed by atoms with Gasteiger partial charge in [0.25, 0.3) is 0 Å². The van der Waals surface area contributed by atoms with Crippen molar-refractivity contribution in [3.63, 3.8) is 0 Å². The van der Waals surface area contributed by atoms with Crippen LogP contribution in [0.25, 0.3) is 0 Å². The van der Waals surface area contributed by atoms with Gasteiger partial charge in [0.2, 0.25) is 0 Å². The zero-order chi connectivity index (χ0) is 15.6. The van der Waals surface area contributed by atoms with Crippen LogP contribution in [0.2, 0.25) is 0 Å². The van der Waals surface area contributed by atoms with Gasteiger partial charge in [-0.3, -0.25) is 0 Å². The molecule has 0 aromatic heterocycles. The van der Waals surface area contributed by atoms with Gasteiger partial charge in [0.15, 0.2) is 11.6 Å². The number of nitrogen functional groups attached to an aromatic ring is 1. The predicted octanol–water partition coefficient (Wildman–Crippen LogP) is 4.14. The largest absolute Gasteiger partial charge is 0.486 e. The zero-order valence-electron chi connectivity index (χ0n) is 10.5. The van der Waals surface area contributed by atoms with Gasteiger partial charge in [-0.25, -0.2) is 8.78 Å². The fourth-order valence-corrected chi connectivity index (χ4v) is 1.73. The highest BCUT2D eigenvalue weighted by atomic mass is 19.4. The standard InChI is InChI=1S/C14H10F5NO/c15-9-2-4-13(12(16)5-9)21-7-8-1-3-10(20)6-11(8)14(17,18)19/h1-6H,7,20H2. The SMILES string of the molecule is Nc1ccc(COc2ccc(F)cc2F)c(C(F)(F)F)c1. The van der Waals surface area contributed by atoms with Crippen LogP contribution in [0.3, 0.4) is 0 Å². The summed E-state index contributed by atoms with van der Waals surface area (Å²) >= 11 is 0. The second kappa shape index (κ2) is 5.59. The molecule has 0 aliphatic heterocycles. The minimum absolute atomic E-state index is 0.0426. The smallest absolute Gasteiger partial charge is 0.416 e. The number of halogens is 5. The molecule has 0 atom stereocenters. The van der Waals surface area contributed by atoms with Crippen LogP contribution in [0, 0.1) is 11.6 Å². The second-order valence-corrected chi connectivity index (χ2v) is 4.28. The first kappa shape index (κ1) is 15.1. The summed E-state index contributed by atoms with van der Waals surface area (Å²) in [5, 5.41) is 0. The first-order valence-electron chi connectivity index (χ1n) is 5.81. The van der Waals surface area contributed by atoms with Gasteiger partial charge < -0.3 is 10.5 Å². The average Bonchev–Trinajstić information content (AvgIpc) is 2.38. The predicted molar refractivity (Wildman–Crippen MR) is 66.5 cm³/mol. The molecule has 0 amide bonds. The highest BCUT2D eigenvalue weighted by Crippen LogP contribution is 2.34. The normalized spacial score (nSPS) is 11.5. The third-order valence-electron chi connectivity index (χ3n) is 2.72. The molecule has 21 heavy (non-hydrogen) atoms. The molecule has 2 rings (SSSR count). The van der Waals surface area contributed by atoms with Crippen LogP contribution in [0.5, 0.6) is 5.75 Å². The van der Waals surface area contributed by atoms with Gasteiger partial charge in [0.1, 0.15) is 12.4 Å². The van der Waals surface area contributed by atoms with Crippen LogP contribution >= 0.6 is 0 Å². The maximum atomic E-state index is 13.3. The van der Waals surface area contributed by atoms with Gasteiger partial charge in [-0.05, 0) is 24.3 Å². The monoisotopic (exact) mass is 303 g/mol. The van der Waals surface area contributed by atoms with E-state index in [9.17, 15) is 22.0 Å². The summed E-state index contributed by atoms with van der Waals surface area (Å²) in [5.74, 6) is -2.12. The third-order valence-corrected chi connectivity index (χ3v) is 2.72. The molecule has 0 heterocycles. The Kier molecular flexibility index (Phi) is 4.02. The zero-order valence-corrected chi connectivity index (χ0v) is 10.5. The molecule has 7 heteroatoms. The number of nitrogens with two attached hydrogens (primary N) is 1. The number of hydrogen-bond donors (Lipinski definition) is 1. The van der Waals surface area contributed by atoms with E-state index in [0.717, 1.165) is 24.3 Å². The first-order valence-corrected chi connectivity index (χ1v) is 5.81. The molecule has 0 saturated carbocycles. The van der Waals surface area contributed by atoms with Gasteiger partial charge in [-0.15, -0.1) is 0 Å². The lowest BCUT2D eigenvalue weighted by Crippen LogP contribution is -2.12. The summed E-state index contributed by atoms with van der Waals surface area (Å²) in [4.78, 5) is 0. The van der Waals surface area contributed by atoms with Crippen molar-refractivity contribution in [3.05, 3.63) is 59.2 Å². The van der Waals surface area contributed by atoms with E-state index in [1.807, 2.05) is 0 Å². The van der Waals surface area contributed by atoms with E-state index in [-0.39, 0.29) is 17.0 Å². The van der Waals surface area contributed by atoms with E-state index in [1.54, 1.807) is 0 Å². The quantitative estimate of drug-likeness (QED) is 0.683. The molecule has 2 aromatic rings.